The van der Waals surface area contributed by atoms with Crippen LogP contribution in [0.1, 0.15) is 32.6 Å². The van der Waals surface area contributed by atoms with Gasteiger partial charge >= 0.3 is 0 Å². The Balaban J connectivity index is 2.12. The first-order chi connectivity index (χ1) is 5.33. The molecule has 11 heavy (non-hydrogen) atoms. The maximum Gasteiger partial charge on any atom is 0.144 e. The molecule has 1 aliphatic rings. The van der Waals surface area contributed by atoms with E-state index < -0.39 is 0 Å². The molecule has 2 nitrogen and oxygen atoms in total. The topological polar surface area (TPSA) is 21.5 Å². The molecule has 1 rings (SSSR count). The molecule has 0 saturated carbocycles. The fourth-order valence-corrected chi connectivity index (χ4v) is 1.56. The van der Waals surface area contributed by atoms with Gasteiger partial charge in [-0.3, -0.25) is 4.79 Å². The molecule has 1 saturated heterocycles. The number of likely N-dealkylation sites (tertiary alicyclic amines) is 1. The van der Waals surface area contributed by atoms with Crippen molar-refractivity contribution in [2.75, 3.05) is 19.6 Å². The summed E-state index contributed by atoms with van der Waals surface area (Å²) in [5.41, 5.74) is 0. The van der Waals surface area contributed by atoms with Crippen molar-refractivity contribution in [2.24, 2.45) is 0 Å². The highest BCUT2D eigenvalue weighted by Crippen LogP contribution is 1.90. The van der Waals surface area contributed by atoms with E-state index in [1.807, 2.05) is 0 Å². The predicted octanol–water partition coefficient (Wildman–Crippen LogP) is 0.0343. The van der Waals surface area contributed by atoms with Gasteiger partial charge in [-0.25, -0.2) is 0 Å². The number of hydrogen-bond donors (Lipinski definition) is 1. The molecule has 1 heterocycles. The molecule has 0 unspecified atom stereocenters. The first kappa shape index (κ1) is 8.72. The van der Waals surface area contributed by atoms with E-state index in [2.05, 4.69) is 6.92 Å². The number of carbonyl (C=O) groups is 1. The molecule has 0 radical (unpaired) electrons. The summed E-state index contributed by atoms with van der Waals surface area (Å²) in [6, 6.07) is 0. The molecule has 2 heteroatoms. The van der Waals surface area contributed by atoms with Gasteiger partial charge in [-0.15, -0.1) is 0 Å². The van der Waals surface area contributed by atoms with Crippen LogP contribution in [0.25, 0.3) is 0 Å². The molecule has 0 amide bonds. The molecule has 0 atom stereocenters. The summed E-state index contributed by atoms with van der Waals surface area (Å²) in [6.07, 6.45) is 4.22. The van der Waals surface area contributed by atoms with Crippen LogP contribution in [0.15, 0.2) is 0 Å². The fraction of sp³-hybridized carbons (Fsp3) is 0.889. The van der Waals surface area contributed by atoms with E-state index in [1.165, 1.54) is 19.4 Å². The Morgan fingerprint density at radius 1 is 1.36 bits per heavy atom. The monoisotopic (exact) mass is 156 g/mol. The van der Waals surface area contributed by atoms with Gasteiger partial charge in [-0.2, -0.15) is 0 Å². The zero-order chi connectivity index (χ0) is 8.10. The van der Waals surface area contributed by atoms with Crippen molar-refractivity contribution < 1.29 is 9.69 Å². The summed E-state index contributed by atoms with van der Waals surface area (Å²) in [5, 5.41) is 0. The number of carbonyl (C=O) groups excluding carboxylic acids is 1. The zero-order valence-corrected chi connectivity index (χ0v) is 7.36. The second kappa shape index (κ2) is 4.50. The second-order valence-electron chi connectivity index (χ2n) is 3.39. The van der Waals surface area contributed by atoms with Gasteiger partial charge in [0.15, 0.2) is 0 Å². The van der Waals surface area contributed by atoms with Crippen molar-refractivity contribution in [3.8, 4) is 0 Å². The SMILES string of the molecule is CCCC[NH+]1CCC(=O)CC1. The van der Waals surface area contributed by atoms with Crippen molar-refractivity contribution >= 4 is 5.78 Å². The highest BCUT2D eigenvalue weighted by atomic mass is 16.1. The number of quaternary nitrogens is 1. The Kier molecular flexibility index (Phi) is 3.57. The van der Waals surface area contributed by atoms with Crippen LogP contribution in [0.5, 0.6) is 0 Å². The van der Waals surface area contributed by atoms with E-state index in [4.69, 9.17) is 0 Å². The molecule has 0 bridgehead atoms. The maximum atomic E-state index is 10.9. The third-order valence-electron chi connectivity index (χ3n) is 2.40. The minimum atomic E-state index is 0.463. The molecular formula is C9H18NO+. The minimum Gasteiger partial charge on any atom is -0.334 e. The summed E-state index contributed by atoms with van der Waals surface area (Å²) >= 11 is 0. The Morgan fingerprint density at radius 3 is 2.55 bits per heavy atom. The van der Waals surface area contributed by atoms with Gasteiger partial charge in [-0.1, -0.05) is 13.3 Å². The van der Waals surface area contributed by atoms with Crippen molar-refractivity contribution in [2.45, 2.75) is 32.6 Å². The molecular weight excluding hydrogens is 138 g/mol. The van der Waals surface area contributed by atoms with Gasteiger partial charge in [0.2, 0.25) is 0 Å². The highest BCUT2D eigenvalue weighted by molar-refractivity contribution is 5.78. The van der Waals surface area contributed by atoms with Crippen molar-refractivity contribution in [1.82, 2.24) is 0 Å². The molecule has 0 aromatic heterocycles. The molecule has 0 spiro atoms. The van der Waals surface area contributed by atoms with Gasteiger partial charge < -0.3 is 4.90 Å². The number of rotatable bonds is 3. The van der Waals surface area contributed by atoms with Crippen LogP contribution in [0.4, 0.5) is 0 Å². The van der Waals surface area contributed by atoms with Crippen LogP contribution in [-0.2, 0) is 4.79 Å². The number of Topliss-reactive ketones (excluding diaryl/α,β-unsaturated/α-hetero) is 1. The average Bonchev–Trinajstić information content (AvgIpc) is 2.04. The molecule has 1 fully saturated rings. The molecule has 1 N–H and O–H groups in total. The summed E-state index contributed by atoms with van der Waals surface area (Å²) in [4.78, 5) is 12.5. The van der Waals surface area contributed by atoms with Crippen LogP contribution in [0.3, 0.4) is 0 Å². The van der Waals surface area contributed by atoms with E-state index in [9.17, 15) is 4.79 Å². The number of ketones is 1. The Hall–Kier alpha value is -0.370. The summed E-state index contributed by atoms with van der Waals surface area (Å²) in [5.74, 6) is 0.463. The number of nitrogens with one attached hydrogen (secondary N) is 1. The lowest BCUT2D eigenvalue weighted by atomic mass is 10.1. The van der Waals surface area contributed by atoms with E-state index in [0.717, 1.165) is 25.9 Å². The van der Waals surface area contributed by atoms with E-state index >= 15 is 0 Å². The highest BCUT2D eigenvalue weighted by Gasteiger charge is 2.17. The quantitative estimate of drug-likeness (QED) is 0.612. The average molecular weight is 156 g/mol. The first-order valence-corrected chi connectivity index (χ1v) is 4.68. The van der Waals surface area contributed by atoms with Crippen LogP contribution in [0, 0.1) is 0 Å². The molecule has 0 aromatic rings. The van der Waals surface area contributed by atoms with Gasteiger partial charge in [-0.05, 0) is 6.42 Å². The van der Waals surface area contributed by atoms with Gasteiger partial charge in [0, 0.05) is 0 Å². The van der Waals surface area contributed by atoms with E-state index in [-0.39, 0.29) is 0 Å². The van der Waals surface area contributed by atoms with E-state index in [0.29, 0.717) is 5.78 Å². The lowest BCUT2D eigenvalue weighted by molar-refractivity contribution is -0.901. The molecule has 0 aliphatic carbocycles. The first-order valence-electron chi connectivity index (χ1n) is 4.68. The van der Waals surface area contributed by atoms with E-state index in [1.54, 1.807) is 4.90 Å². The van der Waals surface area contributed by atoms with Crippen LogP contribution >= 0.6 is 0 Å². The third kappa shape index (κ3) is 3.02. The van der Waals surface area contributed by atoms with Crippen LogP contribution in [0.2, 0.25) is 0 Å². The van der Waals surface area contributed by atoms with Gasteiger partial charge in [0.25, 0.3) is 0 Å². The van der Waals surface area contributed by atoms with Crippen LogP contribution < -0.4 is 4.90 Å². The number of unbranched alkanes of at least 4 members (excludes halogenated alkanes) is 1. The number of piperidine rings is 1. The Morgan fingerprint density at radius 2 is 2.00 bits per heavy atom. The predicted molar refractivity (Wildman–Crippen MR) is 44.7 cm³/mol. The van der Waals surface area contributed by atoms with Crippen molar-refractivity contribution in [3.05, 3.63) is 0 Å². The maximum absolute atomic E-state index is 10.9. The molecule has 1 aliphatic heterocycles. The summed E-state index contributed by atoms with van der Waals surface area (Å²) < 4.78 is 0. The normalized spacial score (nSPS) is 20.6. The molecule has 0 aromatic carbocycles. The van der Waals surface area contributed by atoms with Gasteiger partial charge in [0.05, 0.1) is 32.5 Å². The van der Waals surface area contributed by atoms with Crippen molar-refractivity contribution in [1.29, 1.82) is 0 Å². The lowest BCUT2D eigenvalue weighted by Gasteiger charge is -2.22. The smallest absolute Gasteiger partial charge is 0.144 e. The Bertz CT molecular complexity index is 124. The summed E-state index contributed by atoms with van der Waals surface area (Å²) in [7, 11) is 0. The standard InChI is InChI=1S/C9H17NO/c1-2-3-6-10-7-4-9(11)5-8-10/h2-8H2,1H3/p+1. The van der Waals surface area contributed by atoms with Gasteiger partial charge in [0.1, 0.15) is 5.78 Å². The second-order valence-corrected chi connectivity index (χ2v) is 3.39. The van der Waals surface area contributed by atoms with Crippen molar-refractivity contribution in [3.63, 3.8) is 0 Å². The Labute approximate surface area is 68.6 Å². The fourth-order valence-electron chi connectivity index (χ4n) is 1.56. The molecule has 64 valence electrons. The lowest BCUT2D eigenvalue weighted by Crippen LogP contribution is -3.13. The third-order valence-corrected chi connectivity index (χ3v) is 2.40. The largest absolute Gasteiger partial charge is 0.334 e. The summed E-state index contributed by atoms with van der Waals surface area (Å²) in [6.45, 7) is 5.65. The van der Waals surface area contributed by atoms with Crippen LogP contribution in [-0.4, -0.2) is 25.4 Å². The minimum absolute atomic E-state index is 0.463. The zero-order valence-electron chi connectivity index (χ0n) is 7.36. The number of hydrogen-bond acceptors (Lipinski definition) is 1.